The minimum absolute atomic E-state index is 0.0175. The number of carbonyl (C=O) groups is 2. The molecule has 1 fully saturated rings. The van der Waals surface area contributed by atoms with Crippen LogP contribution in [0.2, 0.25) is 0 Å². The highest BCUT2D eigenvalue weighted by Gasteiger charge is 2.51. The van der Waals surface area contributed by atoms with Gasteiger partial charge in [-0.05, 0) is 51.4 Å². The van der Waals surface area contributed by atoms with E-state index in [0.29, 0.717) is 19.3 Å². The first-order valence-electron chi connectivity index (χ1n) is 22.6. The summed E-state index contributed by atoms with van der Waals surface area (Å²) in [5.41, 5.74) is 0. The van der Waals surface area contributed by atoms with Gasteiger partial charge in [-0.25, -0.2) is 4.57 Å². The lowest BCUT2D eigenvalue weighted by molar-refractivity contribution is -0.220. The fraction of sp³-hybridized carbons (Fsp3) is 0.739. The molecule has 1 aliphatic rings. The number of rotatable bonds is 36. The Kier molecular flexibility index (Phi) is 33.4. The number of ether oxygens (including phenoxy) is 2. The summed E-state index contributed by atoms with van der Waals surface area (Å²) in [4.78, 5) is 35.6. The number of phosphoric ester groups is 1. The SMILES string of the molecule is CC/C=C\C/C=C\C/C=C\C/C=C\C/C=C\CCCC(=O)O[C@H](COC(=O)CCCCCCCCCCCCCCCC)COP(=O)(O)OC1C(O)C(O)C(O)[C@@H](O)C1O. The molecule has 0 aliphatic heterocycles. The third-order valence-corrected chi connectivity index (χ3v) is 11.1. The van der Waals surface area contributed by atoms with Gasteiger partial charge in [-0.15, -0.1) is 0 Å². The van der Waals surface area contributed by atoms with Crippen molar-refractivity contribution < 1.29 is 63.1 Å². The largest absolute Gasteiger partial charge is 0.472 e. The molecular formula is C46H79O13P. The van der Waals surface area contributed by atoms with E-state index in [2.05, 4.69) is 62.5 Å². The maximum Gasteiger partial charge on any atom is 0.472 e. The summed E-state index contributed by atoms with van der Waals surface area (Å²) in [5, 5.41) is 50.1. The summed E-state index contributed by atoms with van der Waals surface area (Å²) in [7, 11) is -5.13. The van der Waals surface area contributed by atoms with Crippen LogP contribution in [0.1, 0.15) is 162 Å². The molecule has 14 heteroatoms. The van der Waals surface area contributed by atoms with Crippen LogP contribution >= 0.6 is 7.82 Å². The number of unbranched alkanes of at least 4 members (excludes halogenated alkanes) is 14. The van der Waals surface area contributed by atoms with Gasteiger partial charge in [-0.1, -0.05) is 158 Å². The van der Waals surface area contributed by atoms with Crippen LogP contribution in [0.3, 0.4) is 0 Å². The molecule has 0 spiro atoms. The van der Waals surface area contributed by atoms with Crippen molar-refractivity contribution in [2.75, 3.05) is 13.2 Å². The van der Waals surface area contributed by atoms with Crippen molar-refractivity contribution in [2.24, 2.45) is 0 Å². The van der Waals surface area contributed by atoms with E-state index in [1.807, 2.05) is 12.2 Å². The lowest BCUT2D eigenvalue weighted by atomic mass is 9.85. The van der Waals surface area contributed by atoms with Crippen molar-refractivity contribution in [3.8, 4) is 0 Å². The highest BCUT2D eigenvalue weighted by atomic mass is 31.2. The van der Waals surface area contributed by atoms with Gasteiger partial charge in [0.15, 0.2) is 6.10 Å². The highest BCUT2D eigenvalue weighted by molar-refractivity contribution is 7.47. The topological polar surface area (TPSA) is 210 Å². The number of hydrogen-bond acceptors (Lipinski definition) is 12. The summed E-state index contributed by atoms with van der Waals surface area (Å²) in [6.07, 6.45) is 30.0. The second-order valence-corrected chi connectivity index (χ2v) is 16.9. The zero-order chi connectivity index (χ0) is 44.3. The Labute approximate surface area is 360 Å². The quantitative estimate of drug-likeness (QED) is 0.0151. The van der Waals surface area contributed by atoms with E-state index in [1.54, 1.807) is 0 Å². The third-order valence-electron chi connectivity index (χ3n) is 10.1. The van der Waals surface area contributed by atoms with Crippen LogP contribution in [0.5, 0.6) is 0 Å². The zero-order valence-electron chi connectivity index (χ0n) is 36.5. The van der Waals surface area contributed by atoms with Crippen LogP contribution in [-0.4, -0.2) is 98.3 Å². The van der Waals surface area contributed by atoms with Crippen LogP contribution in [-0.2, 0) is 32.7 Å². The van der Waals surface area contributed by atoms with Crippen molar-refractivity contribution >= 4 is 19.8 Å². The molecule has 0 saturated heterocycles. The molecule has 0 aromatic heterocycles. The molecule has 8 atom stereocenters. The van der Waals surface area contributed by atoms with Crippen LogP contribution < -0.4 is 0 Å². The molecule has 0 aromatic rings. The Morgan fingerprint density at radius 1 is 0.533 bits per heavy atom. The maximum absolute atomic E-state index is 12.8. The molecule has 6 N–H and O–H groups in total. The second kappa shape index (κ2) is 36.1. The van der Waals surface area contributed by atoms with E-state index in [9.17, 15) is 44.6 Å². The second-order valence-electron chi connectivity index (χ2n) is 15.5. The van der Waals surface area contributed by atoms with Crippen molar-refractivity contribution in [3.63, 3.8) is 0 Å². The summed E-state index contributed by atoms with van der Waals surface area (Å²) in [6.45, 7) is 3.13. The van der Waals surface area contributed by atoms with Gasteiger partial charge in [0.2, 0.25) is 0 Å². The van der Waals surface area contributed by atoms with Gasteiger partial charge in [-0.3, -0.25) is 18.6 Å². The van der Waals surface area contributed by atoms with E-state index in [1.165, 1.54) is 64.2 Å². The Morgan fingerprint density at radius 2 is 0.950 bits per heavy atom. The standard InChI is InChI=1S/C46H79O13P/c1-3-5-7-9-11-13-15-17-19-20-21-23-25-27-29-31-33-35-40(48)58-38(37-57-60(54,55)59-46-44(52)42(50)41(49)43(51)45(46)53)36-56-39(47)34-32-30-28-26-24-22-18-16-14-12-10-8-6-4-2/h5,7,11,13,17,19,21,23,27,29,38,41-46,49-53H,3-4,6,8-10,12,14-16,18,20,22,24-26,28,30-37H2,1-2H3,(H,54,55)/b7-5-,13-11-,19-17-,23-21-,29-27-/t38-,41?,42-,43?,44?,45?,46?/m1/s1. The molecular weight excluding hydrogens is 791 g/mol. The predicted octanol–water partition coefficient (Wildman–Crippen LogP) is 8.55. The molecule has 6 unspecified atom stereocenters. The van der Waals surface area contributed by atoms with Gasteiger partial charge in [0.1, 0.15) is 43.2 Å². The van der Waals surface area contributed by atoms with E-state index in [4.69, 9.17) is 18.5 Å². The summed E-state index contributed by atoms with van der Waals surface area (Å²) < 4.78 is 33.4. The van der Waals surface area contributed by atoms with E-state index < -0.39 is 75.7 Å². The summed E-state index contributed by atoms with van der Waals surface area (Å²) in [6, 6.07) is 0. The molecule has 346 valence electrons. The first kappa shape index (κ1) is 55.6. The minimum atomic E-state index is -5.13. The molecule has 13 nitrogen and oxygen atoms in total. The first-order valence-corrected chi connectivity index (χ1v) is 24.1. The fourth-order valence-corrected chi connectivity index (χ4v) is 7.47. The maximum atomic E-state index is 12.8. The highest BCUT2D eigenvalue weighted by Crippen LogP contribution is 2.47. The number of aliphatic hydroxyl groups excluding tert-OH is 5. The molecule has 1 rings (SSSR count). The van der Waals surface area contributed by atoms with Crippen molar-refractivity contribution in [1.29, 1.82) is 0 Å². The molecule has 60 heavy (non-hydrogen) atoms. The predicted molar refractivity (Wildman–Crippen MR) is 235 cm³/mol. The monoisotopic (exact) mass is 871 g/mol. The Hall–Kier alpha value is -2.45. The average Bonchev–Trinajstić information content (AvgIpc) is 3.23. The zero-order valence-corrected chi connectivity index (χ0v) is 37.4. The van der Waals surface area contributed by atoms with Gasteiger partial charge in [0.25, 0.3) is 0 Å². The molecule has 0 bridgehead atoms. The van der Waals surface area contributed by atoms with E-state index in [0.717, 1.165) is 51.4 Å². The molecule has 0 amide bonds. The average molecular weight is 871 g/mol. The van der Waals surface area contributed by atoms with Gasteiger partial charge in [0.05, 0.1) is 6.61 Å². The molecule has 1 saturated carbocycles. The molecule has 0 heterocycles. The van der Waals surface area contributed by atoms with Crippen molar-refractivity contribution in [1.82, 2.24) is 0 Å². The number of carbonyl (C=O) groups excluding carboxylic acids is 2. The third kappa shape index (κ3) is 28.2. The number of phosphoric acid groups is 1. The number of esters is 2. The summed E-state index contributed by atoms with van der Waals surface area (Å²) >= 11 is 0. The van der Waals surface area contributed by atoms with Crippen molar-refractivity contribution in [3.05, 3.63) is 60.8 Å². The van der Waals surface area contributed by atoms with Gasteiger partial charge in [-0.2, -0.15) is 0 Å². The van der Waals surface area contributed by atoms with Crippen LogP contribution in [0.25, 0.3) is 0 Å². The van der Waals surface area contributed by atoms with Gasteiger partial charge in [0, 0.05) is 12.8 Å². The molecule has 0 radical (unpaired) electrons. The Balaban J connectivity index is 2.52. The Morgan fingerprint density at radius 3 is 1.43 bits per heavy atom. The van der Waals surface area contributed by atoms with Gasteiger partial charge < -0.3 is 39.9 Å². The van der Waals surface area contributed by atoms with Gasteiger partial charge >= 0.3 is 19.8 Å². The van der Waals surface area contributed by atoms with E-state index >= 15 is 0 Å². The molecule has 1 aliphatic carbocycles. The molecule has 0 aromatic carbocycles. The van der Waals surface area contributed by atoms with Crippen LogP contribution in [0.15, 0.2) is 60.8 Å². The van der Waals surface area contributed by atoms with Crippen LogP contribution in [0.4, 0.5) is 0 Å². The lowest BCUT2D eigenvalue weighted by Gasteiger charge is -2.41. The van der Waals surface area contributed by atoms with Crippen LogP contribution in [0, 0.1) is 0 Å². The van der Waals surface area contributed by atoms with Crippen molar-refractivity contribution in [2.45, 2.75) is 204 Å². The number of aliphatic hydroxyl groups is 5. The first-order chi connectivity index (χ1) is 28.9. The Bertz CT molecular complexity index is 1280. The minimum Gasteiger partial charge on any atom is -0.462 e. The van der Waals surface area contributed by atoms with E-state index in [-0.39, 0.29) is 12.8 Å². The smallest absolute Gasteiger partial charge is 0.462 e. The normalized spacial score (nSPS) is 22.7. The number of allylic oxidation sites excluding steroid dienone is 10. The number of hydrogen-bond donors (Lipinski definition) is 6. The fourth-order valence-electron chi connectivity index (χ4n) is 6.50. The lowest BCUT2D eigenvalue weighted by Crippen LogP contribution is -2.64. The summed E-state index contributed by atoms with van der Waals surface area (Å²) in [5.74, 6) is -1.17.